The zero-order valence-electron chi connectivity index (χ0n) is 20.5. The Morgan fingerprint density at radius 2 is 1.81 bits per heavy atom. The topological polar surface area (TPSA) is 105 Å². The van der Waals surface area contributed by atoms with Gasteiger partial charge in [0.15, 0.2) is 0 Å². The van der Waals surface area contributed by atoms with E-state index in [9.17, 15) is 23.2 Å². The third-order valence-electron chi connectivity index (χ3n) is 5.79. The molecule has 2 amide bonds. The van der Waals surface area contributed by atoms with Crippen molar-refractivity contribution in [2.45, 2.75) is 51.5 Å². The first-order chi connectivity index (χ1) is 16.9. The van der Waals surface area contributed by atoms with Crippen molar-refractivity contribution in [3.8, 4) is 5.69 Å². The van der Waals surface area contributed by atoms with Crippen LogP contribution >= 0.6 is 0 Å². The maximum absolute atomic E-state index is 12.4. The number of aromatic nitrogens is 2. The molecule has 2 N–H and O–H groups in total. The van der Waals surface area contributed by atoms with Crippen molar-refractivity contribution in [3.05, 3.63) is 59.9 Å². The highest BCUT2D eigenvalue weighted by molar-refractivity contribution is 5.95. The second kappa shape index (κ2) is 10.8. The predicted octanol–water partition coefficient (Wildman–Crippen LogP) is 4.19. The standard InChI is InChI=1S/C20H21N3O3.C6H9F2NO/c1-13-10-15-8-9-23(18(15)21-12-13)16-6-4-14(5-7-16)19(26)22-20(2,3)11-17(24)25;7-6(8)1-3-9(5-10)4-2-6/h4-10,12H,11H2,1-3H3,(H,22,26)(H,24,25);5H,1-4H2. The molecule has 3 aromatic rings. The maximum Gasteiger partial charge on any atom is 0.305 e. The number of aryl methyl sites for hydroxylation is 1. The van der Waals surface area contributed by atoms with Crippen molar-refractivity contribution in [1.29, 1.82) is 0 Å². The molecule has 36 heavy (non-hydrogen) atoms. The lowest BCUT2D eigenvalue weighted by molar-refractivity contribution is -0.138. The van der Waals surface area contributed by atoms with E-state index in [4.69, 9.17) is 5.11 Å². The summed E-state index contributed by atoms with van der Waals surface area (Å²) in [5.74, 6) is -3.79. The van der Waals surface area contributed by atoms with E-state index in [1.54, 1.807) is 26.0 Å². The Morgan fingerprint density at radius 3 is 2.39 bits per heavy atom. The van der Waals surface area contributed by atoms with E-state index in [0.717, 1.165) is 22.3 Å². The molecule has 1 aliphatic heterocycles. The zero-order valence-corrected chi connectivity index (χ0v) is 20.5. The maximum atomic E-state index is 12.4. The number of likely N-dealkylation sites (tertiary alicyclic amines) is 1. The van der Waals surface area contributed by atoms with Crippen molar-refractivity contribution in [2.75, 3.05) is 13.1 Å². The Balaban J connectivity index is 0.000000303. The van der Waals surface area contributed by atoms with Gasteiger partial charge in [-0.3, -0.25) is 14.4 Å². The number of nitrogens with one attached hydrogen (secondary N) is 1. The highest BCUT2D eigenvalue weighted by Crippen LogP contribution is 2.26. The first kappa shape index (κ1) is 26.8. The van der Waals surface area contributed by atoms with E-state index in [0.29, 0.717) is 12.0 Å². The molecule has 4 rings (SSSR count). The van der Waals surface area contributed by atoms with Gasteiger partial charge in [-0.2, -0.15) is 0 Å². The Labute approximate surface area is 207 Å². The number of carbonyl (C=O) groups is 3. The second-order valence-corrected chi connectivity index (χ2v) is 9.56. The van der Waals surface area contributed by atoms with Gasteiger partial charge in [0.1, 0.15) is 5.65 Å². The SMILES string of the molecule is Cc1cnc2c(ccn2-c2ccc(C(=O)NC(C)(C)CC(=O)O)cc2)c1.O=CN1CCC(F)(F)CC1. The Bertz CT molecular complexity index is 1230. The van der Waals surface area contributed by atoms with Crippen LogP contribution in [0.1, 0.15) is 49.0 Å². The number of amides is 2. The molecule has 0 spiro atoms. The molecule has 192 valence electrons. The molecule has 0 saturated carbocycles. The number of rotatable bonds is 6. The fraction of sp³-hybridized carbons (Fsp3) is 0.385. The number of carboxylic acid groups (broad SMARTS) is 1. The number of nitrogens with zero attached hydrogens (tertiary/aromatic N) is 3. The normalized spacial score (nSPS) is 15.1. The number of alkyl halides is 2. The van der Waals surface area contributed by atoms with Crippen LogP contribution in [-0.4, -0.2) is 62.4 Å². The van der Waals surface area contributed by atoms with E-state index in [1.807, 2.05) is 42.1 Å². The molecule has 2 aromatic heterocycles. The third kappa shape index (κ3) is 7.10. The molecule has 3 heterocycles. The van der Waals surface area contributed by atoms with Gasteiger partial charge in [0.2, 0.25) is 6.41 Å². The van der Waals surface area contributed by atoms with Crippen LogP contribution in [0.25, 0.3) is 16.7 Å². The summed E-state index contributed by atoms with van der Waals surface area (Å²) < 4.78 is 26.7. The first-order valence-corrected chi connectivity index (χ1v) is 11.5. The van der Waals surface area contributed by atoms with Crippen LogP contribution in [0.3, 0.4) is 0 Å². The number of piperidine rings is 1. The highest BCUT2D eigenvalue weighted by Gasteiger charge is 2.33. The fourth-order valence-corrected chi connectivity index (χ4v) is 3.87. The monoisotopic (exact) mass is 500 g/mol. The van der Waals surface area contributed by atoms with Crippen LogP contribution < -0.4 is 5.32 Å². The van der Waals surface area contributed by atoms with Gasteiger partial charge in [-0.05, 0) is 62.7 Å². The van der Waals surface area contributed by atoms with Gasteiger partial charge in [0.25, 0.3) is 11.8 Å². The Hall–Kier alpha value is -3.82. The summed E-state index contributed by atoms with van der Waals surface area (Å²) in [7, 11) is 0. The van der Waals surface area contributed by atoms with Crippen molar-refractivity contribution >= 4 is 29.3 Å². The molecule has 0 unspecified atom stereocenters. The lowest BCUT2D eigenvalue weighted by Gasteiger charge is -2.28. The van der Waals surface area contributed by atoms with E-state index in [-0.39, 0.29) is 38.3 Å². The molecule has 8 nitrogen and oxygen atoms in total. The highest BCUT2D eigenvalue weighted by atomic mass is 19.3. The lowest BCUT2D eigenvalue weighted by atomic mass is 10.00. The molecule has 0 aliphatic carbocycles. The predicted molar refractivity (Wildman–Crippen MR) is 131 cm³/mol. The van der Waals surface area contributed by atoms with Gasteiger partial charge in [-0.15, -0.1) is 0 Å². The van der Waals surface area contributed by atoms with Gasteiger partial charge in [-0.1, -0.05) is 0 Å². The number of benzene rings is 1. The minimum Gasteiger partial charge on any atom is -0.481 e. The molecular weight excluding hydrogens is 470 g/mol. The van der Waals surface area contributed by atoms with Crippen molar-refractivity contribution in [3.63, 3.8) is 0 Å². The van der Waals surface area contributed by atoms with E-state index < -0.39 is 17.4 Å². The van der Waals surface area contributed by atoms with Gasteiger partial charge in [0, 0.05) is 60.5 Å². The minimum absolute atomic E-state index is 0.142. The first-order valence-electron chi connectivity index (χ1n) is 11.5. The second-order valence-electron chi connectivity index (χ2n) is 9.56. The number of carbonyl (C=O) groups excluding carboxylic acids is 2. The zero-order chi connectivity index (χ0) is 26.5. The van der Waals surface area contributed by atoms with Gasteiger partial charge >= 0.3 is 5.97 Å². The largest absolute Gasteiger partial charge is 0.481 e. The van der Waals surface area contributed by atoms with Gasteiger partial charge in [0.05, 0.1) is 6.42 Å². The number of fused-ring (bicyclic) bond motifs is 1. The summed E-state index contributed by atoms with van der Waals surface area (Å²) in [4.78, 5) is 39.1. The summed E-state index contributed by atoms with van der Waals surface area (Å²) in [6.45, 7) is 5.76. The van der Waals surface area contributed by atoms with Gasteiger partial charge in [-0.25, -0.2) is 13.8 Å². The smallest absolute Gasteiger partial charge is 0.305 e. The van der Waals surface area contributed by atoms with Crippen LogP contribution in [0.2, 0.25) is 0 Å². The van der Waals surface area contributed by atoms with Crippen LogP contribution in [-0.2, 0) is 9.59 Å². The number of aliphatic carboxylic acids is 1. The van der Waals surface area contributed by atoms with Crippen molar-refractivity contribution in [2.24, 2.45) is 0 Å². The van der Waals surface area contributed by atoms with E-state index in [2.05, 4.69) is 16.4 Å². The summed E-state index contributed by atoms with van der Waals surface area (Å²) in [6, 6.07) is 11.2. The molecule has 0 bridgehead atoms. The fourth-order valence-electron chi connectivity index (χ4n) is 3.87. The summed E-state index contributed by atoms with van der Waals surface area (Å²) in [5, 5.41) is 12.7. The molecule has 0 radical (unpaired) electrons. The van der Waals surface area contributed by atoms with Crippen LogP contribution in [0, 0.1) is 6.92 Å². The van der Waals surface area contributed by atoms with Crippen LogP contribution in [0.5, 0.6) is 0 Å². The summed E-state index contributed by atoms with van der Waals surface area (Å²) in [6.07, 6.45) is 3.87. The Morgan fingerprint density at radius 1 is 1.17 bits per heavy atom. The molecule has 1 aliphatic rings. The lowest BCUT2D eigenvalue weighted by Crippen LogP contribution is -2.44. The summed E-state index contributed by atoms with van der Waals surface area (Å²) >= 11 is 0. The average Bonchev–Trinajstić information content (AvgIpc) is 3.21. The van der Waals surface area contributed by atoms with Gasteiger partial charge < -0.3 is 19.9 Å². The molecular formula is C26H30F2N4O4. The van der Waals surface area contributed by atoms with Crippen molar-refractivity contribution in [1.82, 2.24) is 19.8 Å². The molecule has 1 saturated heterocycles. The molecule has 10 heteroatoms. The summed E-state index contributed by atoms with van der Waals surface area (Å²) in [5.41, 5.74) is 2.52. The van der Waals surface area contributed by atoms with Crippen LogP contribution in [0.4, 0.5) is 8.78 Å². The quantitative estimate of drug-likeness (QED) is 0.494. The number of pyridine rings is 1. The van der Waals surface area contributed by atoms with Crippen LogP contribution in [0.15, 0.2) is 48.8 Å². The average molecular weight is 501 g/mol. The van der Waals surface area contributed by atoms with Crippen molar-refractivity contribution < 1.29 is 28.3 Å². The number of carboxylic acids is 1. The minimum atomic E-state index is -2.54. The molecule has 1 fully saturated rings. The third-order valence-corrected chi connectivity index (χ3v) is 5.79. The van der Waals surface area contributed by atoms with E-state index >= 15 is 0 Å². The Kier molecular flexibility index (Phi) is 8.07. The number of hydrogen-bond acceptors (Lipinski definition) is 4. The molecule has 0 atom stereocenters. The molecule has 1 aromatic carbocycles. The number of halogens is 2. The van der Waals surface area contributed by atoms with E-state index in [1.165, 1.54) is 4.90 Å². The number of hydrogen-bond donors (Lipinski definition) is 2.